The van der Waals surface area contributed by atoms with Crippen molar-refractivity contribution in [3.8, 4) is 0 Å². The average Bonchev–Trinajstić information content (AvgIpc) is 2.92. The molecule has 2 saturated heterocycles. The van der Waals surface area contributed by atoms with Gasteiger partial charge in [-0.15, -0.1) is 0 Å². The summed E-state index contributed by atoms with van der Waals surface area (Å²) in [6, 6.07) is -0.0156. The molecular formula is C13H22N2O4. The summed E-state index contributed by atoms with van der Waals surface area (Å²) >= 11 is 0. The lowest BCUT2D eigenvalue weighted by Gasteiger charge is -2.34. The molecule has 0 radical (unpaired) electrons. The van der Waals surface area contributed by atoms with Crippen LogP contribution in [0, 0.1) is 0 Å². The molecule has 0 saturated carbocycles. The third-order valence-electron chi connectivity index (χ3n) is 3.54. The molecule has 2 aliphatic heterocycles. The van der Waals surface area contributed by atoms with E-state index in [0.717, 1.165) is 32.2 Å². The fourth-order valence-corrected chi connectivity index (χ4v) is 2.61. The van der Waals surface area contributed by atoms with Gasteiger partial charge in [-0.25, -0.2) is 4.79 Å². The molecular weight excluding hydrogens is 248 g/mol. The first kappa shape index (κ1) is 14.1. The normalized spacial score (nSPS) is 27.1. The van der Waals surface area contributed by atoms with Crippen molar-refractivity contribution < 1.29 is 19.1 Å². The molecule has 108 valence electrons. The average molecular weight is 270 g/mol. The third-order valence-corrected chi connectivity index (χ3v) is 3.54. The number of ether oxygens (including phenoxy) is 2. The Labute approximate surface area is 113 Å². The quantitative estimate of drug-likeness (QED) is 0.827. The molecule has 2 heterocycles. The van der Waals surface area contributed by atoms with Crippen molar-refractivity contribution in [1.29, 1.82) is 0 Å². The zero-order chi connectivity index (χ0) is 13.7. The summed E-state index contributed by atoms with van der Waals surface area (Å²) < 4.78 is 10.3. The second-order valence-electron chi connectivity index (χ2n) is 4.99. The maximum Gasteiger partial charge on any atom is 0.407 e. The molecule has 0 bridgehead atoms. The first-order chi connectivity index (χ1) is 9.20. The van der Waals surface area contributed by atoms with Gasteiger partial charge in [0.25, 0.3) is 5.91 Å². The van der Waals surface area contributed by atoms with E-state index in [0.29, 0.717) is 19.8 Å². The number of nitrogens with zero attached hydrogens (tertiary/aromatic N) is 1. The number of likely N-dealkylation sites (tertiary alicyclic amines) is 1. The van der Waals surface area contributed by atoms with E-state index in [4.69, 9.17) is 9.47 Å². The summed E-state index contributed by atoms with van der Waals surface area (Å²) in [5, 5.41) is 2.80. The Bertz CT molecular complexity index is 329. The van der Waals surface area contributed by atoms with E-state index in [9.17, 15) is 9.59 Å². The van der Waals surface area contributed by atoms with E-state index in [1.165, 1.54) is 0 Å². The van der Waals surface area contributed by atoms with Crippen LogP contribution < -0.4 is 5.32 Å². The highest BCUT2D eigenvalue weighted by Gasteiger charge is 2.31. The minimum atomic E-state index is -0.404. The van der Waals surface area contributed by atoms with Gasteiger partial charge >= 0.3 is 6.09 Å². The Morgan fingerprint density at radius 3 is 2.89 bits per heavy atom. The number of alkyl carbamates (subject to hydrolysis) is 1. The summed E-state index contributed by atoms with van der Waals surface area (Å²) in [4.78, 5) is 25.4. The van der Waals surface area contributed by atoms with E-state index in [1.807, 2.05) is 0 Å². The fraction of sp³-hybridized carbons (Fsp3) is 0.846. The van der Waals surface area contributed by atoms with Crippen LogP contribution in [0.5, 0.6) is 0 Å². The van der Waals surface area contributed by atoms with Crippen LogP contribution in [0.15, 0.2) is 0 Å². The van der Waals surface area contributed by atoms with E-state index in [1.54, 1.807) is 11.8 Å². The summed E-state index contributed by atoms with van der Waals surface area (Å²) in [6.07, 6.45) is 2.87. The Balaban J connectivity index is 1.82. The van der Waals surface area contributed by atoms with Crippen LogP contribution in [0.25, 0.3) is 0 Å². The predicted octanol–water partition coefficient (Wildman–Crippen LogP) is 0.902. The molecule has 0 aromatic carbocycles. The van der Waals surface area contributed by atoms with E-state index in [2.05, 4.69) is 5.32 Å². The molecule has 0 aromatic heterocycles. The van der Waals surface area contributed by atoms with Crippen molar-refractivity contribution in [2.45, 2.75) is 44.8 Å². The molecule has 2 atom stereocenters. The molecule has 6 nitrogen and oxygen atoms in total. The van der Waals surface area contributed by atoms with Crippen molar-refractivity contribution in [3.63, 3.8) is 0 Å². The van der Waals surface area contributed by atoms with Crippen LogP contribution in [0.3, 0.4) is 0 Å². The lowest BCUT2D eigenvalue weighted by molar-refractivity contribution is -0.142. The topological polar surface area (TPSA) is 67.9 Å². The highest BCUT2D eigenvalue weighted by atomic mass is 16.5. The second kappa shape index (κ2) is 6.75. The first-order valence-corrected chi connectivity index (χ1v) is 7.04. The molecule has 2 unspecified atom stereocenters. The zero-order valence-corrected chi connectivity index (χ0v) is 11.4. The molecule has 2 fully saturated rings. The highest BCUT2D eigenvalue weighted by Crippen LogP contribution is 2.18. The number of carbonyl (C=O) groups is 2. The van der Waals surface area contributed by atoms with Crippen LogP contribution in [0.4, 0.5) is 4.79 Å². The van der Waals surface area contributed by atoms with Gasteiger partial charge < -0.3 is 19.7 Å². The van der Waals surface area contributed by atoms with Crippen molar-refractivity contribution in [2.24, 2.45) is 0 Å². The van der Waals surface area contributed by atoms with Crippen molar-refractivity contribution in [1.82, 2.24) is 10.2 Å². The highest BCUT2D eigenvalue weighted by molar-refractivity contribution is 5.81. The molecule has 0 aliphatic carbocycles. The van der Waals surface area contributed by atoms with Crippen molar-refractivity contribution >= 4 is 12.0 Å². The lowest BCUT2D eigenvalue weighted by Crippen LogP contribution is -2.52. The van der Waals surface area contributed by atoms with Crippen molar-refractivity contribution in [2.75, 3.05) is 26.3 Å². The molecule has 19 heavy (non-hydrogen) atoms. The molecule has 0 spiro atoms. The molecule has 2 aliphatic rings. The lowest BCUT2D eigenvalue weighted by atomic mass is 10.0. The van der Waals surface area contributed by atoms with Gasteiger partial charge in [-0.05, 0) is 32.6 Å². The Morgan fingerprint density at radius 1 is 1.37 bits per heavy atom. The number of carbonyl (C=O) groups excluding carboxylic acids is 2. The minimum Gasteiger partial charge on any atom is -0.450 e. The third kappa shape index (κ3) is 3.83. The standard InChI is InChI=1S/C13H22N2O4/c1-2-18-13(17)14-10-5-3-7-15(9-10)12(16)11-6-4-8-19-11/h10-11H,2-9H2,1H3,(H,14,17). The molecule has 0 aromatic rings. The molecule has 2 rings (SSSR count). The van der Waals surface area contributed by atoms with Gasteiger partial charge in [-0.3, -0.25) is 4.79 Å². The Morgan fingerprint density at radius 2 is 2.21 bits per heavy atom. The van der Waals surface area contributed by atoms with Crippen LogP contribution in [0.1, 0.15) is 32.6 Å². The maximum absolute atomic E-state index is 12.2. The largest absolute Gasteiger partial charge is 0.450 e. The predicted molar refractivity (Wildman–Crippen MR) is 68.7 cm³/mol. The summed E-state index contributed by atoms with van der Waals surface area (Å²) in [5.41, 5.74) is 0. The Kier molecular flexibility index (Phi) is 5.01. The Hall–Kier alpha value is -1.30. The van der Waals surface area contributed by atoms with Crippen LogP contribution in [-0.4, -0.2) is 55.3 Å². The number of nitrogens with one attached hydrogen (secondary N) is 1. The smallest absolute Gasteiger partial charge is 0.407 e. The van der Waals surface area contributed by atoms with Crippen LogP contribution in [0.2, 0.25) is 0 Å². The zero-order valence-electron chi connectivity index (χ0n) is 11.4. The molecule has 6 heteroatoms. The first-order valence-electron chi connectivity index (χ1n) is 7.04. The molecule has 1 N–H and O–H groups in total. The number of amides is 2. The fourth-order valence-electron chi connectivity index (χ4n) is 2.61. The SMILES string of the molecule is CCOC(=O)NC1CCCN(C(=O)C2CCCO2)C1. The van der Waals surface area contributed by atoms with Gasteiger partial charge in [0.05, 0.1) is 6.61 Å². The number of rotatable bonds is 3. The van der Waals surface area contributed by atoms with Gasteiger partial charge in [0.15, 0.2) is 0 Å². The monoisotopic (exact) mass is 270 g/mol. The van der Waals surface area contributed by atoms with Gasteiger partial charge in [0, 0.05) is 25.7 Å². The van der Waals surface area contributed by atoms with Gasteiger partial charge in [0.1, 0.15) is 6.10 Å². The summed E-state index contributed by atoms with van der Waals surface area (Å²) in [5.74, 6) is 0.0628. The van der Waals surface area contributed by atoms with Gasteiger partial charge in [-0.1, -0.05) is 0 Å². The number of hydrogen-bond donors (Lipinski definition) is 1. The summed E-state index contributed by atoms with van der Waals surface area (Å²) in [6.45, 7) is 4.11. The molecule has 2 amide bonds. The minimum absolute atomic E-state index is 0.0156. The van der Waals surface area contributed by atoms with Crippen LogP contribution >= 0.6 is 0 Å². The van der Waals surface area contributed by atoms with E-state index >= 15 is 0 Å². The van der Waals surface area contributed by atoms with Crippen LogP contribution in [-0.2, 0) is 14.3 Å². The van der Waals surface area contributed by atoms with Gasteiger partial charge in [0.2, 0.25) is 0 Å². The maximum atomic E-state index is 12.2. The van der Waals surface area contributed by atoms with Gasteiger partial charge in [-0.2, -0.15) is 0 Å². The van der Waals surface area contributed by atoms with E-state index in [-0.39, 0.29) is 18.1 Å². The number of piperidine rings is 1. The summed E-state index contributed by atoms with van der Waals surface area (Å²) in [7, 11) is 0. The second-order valence-corrected chi connectivity index (χ2v) is 4.99. The number of hydrogen-bond acceptors (Lipinski definition) is 4. The van der Waals surface area contributed by atoms with Crippen molar-refractivity contribution in [3.05, 3.63) is 0 Å². The van der Waals surface area contributed by atoms with E-state index < -0.39 is 6.09 Å².